The Balaban J connectivity index is 1.43. The van der Waals surface area contributed by atoms with Crippen LogP contribution in [-0.2, 0) is 11.2 Å². The molecule has 0 radical (unpaired) electrons. The Morgan fingerprint density at radius 1 is 1.28 bits per heavy atom. The molecule has 2 N–H and O–H groups in total. The smallest absolute Gasteiger partial charge is 0.247 e. The lowest BCUT2D eigenvalue weighted by atomic mass is 10.0. The molecule has 1 heterocycles. The Kier molecular flexibility index (Phi) is 5.81. The van der Waals surface area contributed by atoms with E-state index >= 15 is 0 Å². The van der Waals surface area contributed by atoms with E-state index in [4.69, 9.17) is 4.42 Å². The summed E-state index contributed by atoms with van der Waals surface area (Å²) in [6.07, 6.45) is 4.69. The van der Waals surface area contributed by atoms with Crippen molar-refractivity contribution in [3.8, 4) is 11.5 Å². The molecule has 2 aromatic rings. The van der Waals surface area contributed by atoms with E-state index in [1.165, 1.54) is 18.4 Å². The molecule has 1 fully saturated rings. The van der Waals surface area contributed by atoms with Gasteiger partial charge in [-0.15, -0.1) is 10.2 Å². The van der Waals surface area contributed by atoms with Gasteiger partial charge in [0, 0.05) is 24.9 Å². The number of aromatic nitrogens is 2. The third-order valence-electron chi connectivity index (χ3n) is 4.78. The SMILES string of the molecule is Cc1ccc(-c2nnc(CCC(=O)NCC(O)C3CCCC3)o2)cc1. The Morgan fingerprint density at radius 2 is 2.00 bits per heavy atom. The lowest BCUT2D eigenvalue weighted by molar-refractivity contribution is -0.121. The van der Waals surface area contributed by atoms with Gasteiger partial charge in [0.1, 0.15) is 0 Å². The predicted molar refractivity (Wildman–Crippen MR) is 93.8 cm³/mol. The van der Waals surface area contributed by atoms with Crippen molar-refractivity contribution in [3.63, 3.8) is 0 Å². The summed E-state index contributed by atoms with van der Waals surface area (Å²) in [6, 6.07) is 7.85. The molecule has 6 heteroatoms. The zero-order valence-corrected chi connectivity index (χ0v) is 14.6. The molecule has 25 heavy (non-hydrogen) atoms. The maximum Gasteiger partial charge on any atom is 0.247 e. The predicted octanol–water partition coefficient (Wildman–Crippen LogP) is 2.64. The first-order valence-electron chi connectivity index (χ1n) is 8.96. The molecule has 1 aliphatic rings. The van der Waals surface area contributed by atoms with Crippen LogP contribution in [0, 0.1) is 12.8 Å². The number of aryl methyl sites for hydroxylation is 2. The molecular weight excluding hydrogens is 318 g/mol. The lowest BCUT2D eigenvalue weighted by Gasteiger charge is -2.17. The van der Waals surface area contributed by atoms with Crippen LogP contribution >= 0.6 is 0 Å². The molecular formula is C19H25N3O3. The van der Waals surface area contributed by atoms with E-state index in [0.717, 1.165) is 18.4 Å². The van der Waals surface area contributed by atoms with E-state index in [1.54, 1.807) is 0 Å². The largest absolute Gasteiger partial charge is 0.421 e. The van der Waals surface area contributed by atoms with Gasteiger partial charge in [-0.05, 0) is 37.8 Å². The normalized spacial score (nSPS) is 16.1. The zero-order valence-electron chi connectivity index (χ0n) is 14.6. The second-order valence-corrected chi connectivity index (χ2v) is 6.78. The van der Waals surface area contributed by atoms with Crippen molar-refractivity contribution >= 4 is 5.91 Å². The fraction of sp³-hybridized carbons (Fsp3) is 0.526. The summed E-state index contributed by atoms with van der Waals surface area (Å²) >= 11 is 0. The van der Waals surface area contributed by atoms with E-state index in [9.17, 15) is 9.90 Å². The Hall–Kier alpha value is -2.21. The molecule has 6 nitrogen and oxygen atoms in total. The molecule has 1 unspecified atom stereocenters. The summed E-state index contributed by atoms with van der Waals surface area (Å²) in [5.41, 5.74) is 2.04. The van der Waals surface area contributed by atoms with Gasteiger partial charge in [0.2, 0.25) is 17.7 Å². The maximum absolute atomic E-state index is 11.9. The second-order valence-electron chi connectivity index (χ2n) is 6.78. The number of rotatable bonds is 7. The van der Waals surface area contributed by atoms with Crippen molar-refractivity contribution in [2.75, 3.05) is 6.54 Å². The summed E-state index contributed by atoms with van der Waals surface area (Å²) in [7, 11) is 0. The van der Waals surface area contributed by atoms with Gasteiger partial charge >= 0.3 is 0 Å². The van der Waals surface area contributed by atoms with Crippen LogP contribution in [-0.4, -0.2) is 33.9 Å². The fourth-order valence-electron chi connectivity index (χ4n) is 3.20. The van der Waals surface area contributed by atoms with Gasteiger partial charge in [-0.2, -0.15) is 0 Å². The third-order valence-corrected chi connectivity index (χ3v) is 4.78. The number of aliphatic hydroxyl groups is 1. The number of hydrogen-bond donors (Lipinski definition) is 2. The fourth-order valence-corrected chi connectivity index (χ4v) is 3.20. The average Bonchev–Trinajstić information content (AvgIpc) is 3.30. The number of carbonyl (C=O) groups is 1. The molecule has 1 aromatic carbocycles. The van der Waals surface area contributed by atoms with Crippen LogP contribution in [0.15, 0.2) is 28.7 Å². The molecule has 1 aliphatic carbocycles. The minimum absolute atomic E-state index is 0.105. The molecule has 3 rings (SSSR count). The van der Waals surface area contributed by atoms with Gasteiger partial charge in [-0.3, -0.25) is 4.79 Å². The van der Waals surface area contributed by atoms with Crippen LogP contribution in [0.5, 0.6) is 0 Å². The highest BCUT2D eigenvalue weighted by molar-refractivity contribution is 5.76. The Labute approximate surface area is 147 Å². The number of nitrogens with zero attached hydrogens (tertiary/aromatic N) is 2. The van der Waals surface area contributed by atoms with Crippen molar-refractivity contribution in [3.05, 3.63) is 35.7 Å². The average molecular weight is 343 g/mol. The monoisotopic (exact) mass is 343 g/mol. The highest BCUT2D eigenvalue weighted by Crippen LogP contribution is 2.27. The lowest BCUT2D eigenvalue weighted by Crippen LogP contribution is -2.35. The molecule has 1 saturated carbocycles. The van der Waals surface area contributed by atoms with Crippen LogP contribution in [0.25, 0.3) is 11.5 Å². The minimum Gasteiger partial charge on any atom is -0.421 e. The molecule has 0 spiro atoms. The molecule has 0 aliphatic heterocycles. The summed E-state index contributed by atoms with van der Waals surface area (Å²) in [6.45, 7) is 2.34. The first-order valence-corrected chi connectivity index (χ1v) is 8.96. The van der Waals surface area contributed by atoms with E-state index in [-0.39, 0.29) is 12.3 Å². The summed E-state index contributed by atoms with van der Waals surface area (Å²) in [4.78, 5) is 11.9. The summed E-state index contributed by atoms with van der Waals surface area (Å²) in [5, 5.41) is 20.9. The molecule has 1 aromatic heterocycles. The van der Waals surface area contributed by atoms with Crippen LogP contribution in [0.4, 0.5) is 0 Å². The number of nitrogens with one attached hydrogen (secondary N) is 1. The molecule has 1 amide bonds. The molecule has 0 saturated heterocycles. The number of hydrogen-bond acceptors (Lipinski definition) is 5. The standard InChI is InChI=1S/C19H25N3O3/c1-13-6-8-15(9-7-13)19-22-21-18(25-19)11-10-17(24)20-12-16(23)14-4-2-3-5-14/h6-9,14,16,23H,2-5,10-12H2,1H3,(H,20,24). The highest BCUT2D eigenvalue weighted by atomic mass is 16.4. The molecule has 1 atom stereocenters. The molecule has 134 valence electrons. The number of amides is 1. The van der Waals surface area contributed by atoms with Gasteiger partial charge in [0.15, 0.2) is 0 Å². The Morgan fingerprint density at radius 3 is 2.72 bits per heavy atom. The number of carbonyl (C=O) groups excluding carboxylic acids is 1. The van der Waals surface area contributed by atoms with Crippen LogP contribution < -0.4 is 5.32 Å². The first-order chi connectivity index (χ1) is 12.1. The Bertz CT molecular complexity index is 690. The third kappa shape index (κ3) is 4.89. The van der Waals surface area contributed by atoms with Crippen molar-refractivity contribution in [1.82, 2.24) is 15.5 Å². The van der Waals surface area contributed by atoms with Gasteiger partial charge in [0.05, 0.1) is 6.10 Å². The highest BCUT2D eigenvalue weighted by Gasteiger charge is 2.23. The minimum atomic E-state index is -0.442. The van der Waals surface area contributed by atoms with Gasteiger partial charge < -0.3 is 14.8 Å². The van der Waals surface area contributed by atoms with Gasteiger partial charge in [-0.25, -0.2) is 0 Å². The van der Waals surface area contributed by atoms with E-state index in [2.05, 4.69) is 15.5 Å². The first kappa shape index (κ1) is 17.6. The topological polar surface area (TPSA) is 88.2 Å². The van der Waals surface area contributed by atoms with Crippen molar-refractivity contribution in [1.29, 1.82) is 0 Å². The molecule has 0 bridgehead atoms. The number of benzene rings is 1. The van der Waals surface area contributed by atoms with Crippen molar-refractivity contribution < 1.29 is 14.3 Å². The maximum atomic E-state index is 11.9. The summed E-state index contributed by atoms with van der Waals surface area (Å²) in [5.74, 6) is 1.13. The zero-order chi connectivity index (χ0) is 17.6. The van der Waals surface area contributed by atoms with Crippen LogP contribution in [0.2, 0.25) is 0 Å². The number of aliphatic hydroxyl groups excluding tert-OH is 1. The van der Waals surface area contributed by atoms with E-state index < -0.39 is 6.10 Å². The van der Waals surface area contributed by atoms with Gasteiger partial charge in [0.25, 0.3) is 0 Å². The van der Waals surface area contributed by atoms with Crippen molar-refractivity contribution in [2.24, 2.45) is 5.92 Å². The van der Waals surface area contributed by atoms with Crippen molar-refractivity contribution in [2.45, 2.75) is 51.6 Å². The quantitative estimate of drug-likeness (QED) is 0.807. The van der Waals surface area contributed by atoms with Gasteiger partial charge in [-0.1, -0.05) is 30.5 Å². The van der Waals surface area contributed by atoms with E-state index in [1.807, 2.05) is 31.2 Å². The van der Waals surface area contributed by atoms with Crippen LogP contribution in [0.3, 0.4) is 0 Å². The van der Waals surface area contributed by atoms with E-state index in [0.29, 0.717) is 30.7 Å². The van der Waals surface area contributed by atoms with Crippen LogP contribution in [0.1, 0.15) is 43.6 Å². The summed E-state index contributed by atoms with van der Waals surface area (Å²) < 4.78 is 5.62. The second kappa shape index (κ2) is 8.25.